The number of aryl methyl sites for hydroxylation is 2. The maximum absolute atomic E-state index is 5.81. The lowest BCUT2D eigenvalue weighted by atomic mass is 9.98. The van der Waals surface area contributed by atoms with E-state index in [4.69, 9.17) is 9.15 Å². The second-order valence-electron chi connectivity index (χ2n) is 5.35. The van der Waals surface area contributed by atoms with Gasteiger partial charge in [-0.15, -0.1) is 0 Å². The lowest BCUT2D eigenvalue weighted by Crippen LogP contribution is -2.23. The van der Waals surface area contributed by atoms with Crippen LogP contribution in [0.3, 0.4) is 0 Å². The molecule has 1 N–H and O–H groups in total. The van der Waals surface area contributed by atoms with Gasteiger partial charge in [0.15, 0.2) is 0 Å². The summed E-state index contributed by atoms with van der Waals surface area (Å²) in [6.45, 7) is 9.89. The van der Waals surface area contributed by atoms with Crippen molar-refractivity contribution in [2.24, 2.45) is 0 Å². The SMILES string of the molecule is CCCNC(c1coc(C)c1)c1cc(C)ccc1OCC. The molecule has 0 spiro atoms. The van der Waals surface area contributed by atoms with Crippen molar-refractivity contribution in [2.45, 2.75) is 40.2 Å². The molecule has 0 fully saturated rings. The molecule has 1 atom stereocenters. The van der Waals surface area contributed by atoms with Gasteiger partial charge in [-0.1, -0.05) is 24.6 Å². The van der Waals surface area contributed by atoms with E-state index in [0.29, 0.717) is 6.61 Å². The largest absolute Gasteiger partial charge is 0.494 e. The van der Waals surface area contributed by atoms with E-state index in [0.717, 1.165) is 30.0 Å². The van der Waals surface area contributed by atoms with Crippen LogP contribution in [0.25, 0.3) is 0 Å². The van der Waals surface area contributed by atoms with E-state index in [2.05, 4.69) is 43.4 Å². The van der Waals surface area contributed by atoms with Gasteiger partial charge in [-0.2, -0.15) is 0 Å². The van der Waals surface area contributed by atoms with Crippen LogP contribution < -0.4 is 10.1 Å². The Morgan fingerprint density at radius 3 is 2.62 bits per heavy atom. The smallest absolute Gasteiger partial charge is 0.124 e. The van der Waals surface area contributed by atoms with Gasteiger partial charge < -0.3 is 14.5 Å². The molecule has 0 aliphatic rings. The molecule has 21 heavy (non-hydrogen) atoms. The maximum atomic E-state index is 5.81. The first-order valence-electron chi connectivity index (χ1n) is 7.67. The molecule has 0 saturated carbocycles. The highest BCUT2D eigenvalue weighted by atomic mass is 16.5. The summed E-state index contributed by atoms with van der Waals surface area (Å²) >= 11 is 0. The number of rotatable bonds is 7. The summed E-state index contributed by atoms with van der Waals surface area (Å²) in [6, 6.07) is 8.53. The Balaban J connectivity index is 2.42. The minimum absolute atomic E-state index is 0.101. The first kappa shape index (κ1) is 15.6. The molecule has 1 heterocycles. The van der Waals surface area contributed by atoms with Crippen molar-refractivity contribution >= 4 is 0 Å². The molecule has 1 aromatic heterocycles. The van der Waals surface area contributed by atoms with Gasteiger partial charge in [0.1, 0.15) is 11.5 Å². The molecule has 0 saturated heterocycles. The summed E-state index contributed by atoms with van der Waals surface area (Å²) < 4.78 is 11.3. The van der Waals surface area contributed by atoms with Crippen molar-refractivity contribution in [3.05, 3.63) is 53.0 Å². The Labute approximate surface area is 127 Å². The molecule has 0 radical (unpaired) electrons. The van der Waals surface area contributed by atoms with E-state index in [1.54, 1.807) is 0 Å². The summed E-state index contributed by atoms with van der Waals surface area (Å²) in [6.07, 6.45) is 2.92. The van der Waals surface area contributed by atoms with Crippen molar-refractivity contribution in [1.82, 2.24) is 5.32 Å². The molecule has 114 valence electrons. The zero-order valence-corrected chi connectivity index (χ0v) is 13.4. The lowest BCUT2D eigenvalue weighted by Gasteiger charge is -2.21. The van der Waals surface area contributed by atoms with Gasteiger partial charge in [-0.3, -0.25) is 0 Å². The standard InChI is InChI=1S/C18H25NO2/c1-5-9-19-18(15-11-14(4)21-12-15)16-10-13(3)7-8-17(16)20-6-2/h7-8,10-12,18-19H,5-6,9H2,1-4H3. The third-order valence-electron chi connectivity index (χ3n) is 3.46. The molecule has 0 bridgehead atoms. The second-order valence-corrected chi connectivity index (χ2v) is 5.35. The molecule has 2 aromatic rings. The Morgan fingerprint density at radius 1 is 1.19 bits per heavy atom. The van der Waals surface area contributed by atoms with Gasteiger partial charge in [0, 0.05) is 11.1 Å². The molecule has 0 amide bonds. The Kier molecular flexibility index (Phi) is 5.45. The first-order valence-corrected chi connectivity index (χ1v) is 7.67. The van der Waals surface area contributed by atoms with Crippen LogP contribution in [0.1, 0.15) is 48.8 Å². The minimum Gasteiger partial charge on any atom is -0.494 e. The van der Waals surface area contributed by atoms with Crippen molar-refractivity contribution in [3.63, 3.8) is 0 Å². The summed E-state index contributed by atoms with van der Waals surface area (Å²) in [5.41, 5.74) is 3.55. The minimum atomic E-state index is 0.101. The third kappa shape index (κ3) is 3.88. The Morgan fingerprint density at radius 2 is 2.00 bits per heavy atom. The summed E-state index contributed by atoms with van der Waals surface area (Å²) in [5, 5.41) is 3.60. The molecule has 0 aliphatic heterocycles. The summed E-state index contributed by atoms with van der Waals surface area (Å²) in [5.74, 6) is 1.87. The van der Waals surface area contributed by atoms with Crippen molar-refractivity contribution in [2.75, 3.05) is 13.2 Å². The van der Waals surface area contributed by atoms with Crippen LogP contribution in [-0.4, -0.2) is 13.2 Å². The quantitative estimate of drug-likeness (QED) is 0.820. The van der Waals surface area contributed by atoms with Crippen LogP contribution in [0.4, 0.5) is 0 Å². The van der Waals surface area contributed by atoms with Gasteiger partial charge in [-0.05, 0) is 45.9 Å². The highest BCUT2D eigenvalue weighted by Crippen LogP contribution is 2.32. The molecule has 0 aliphatic carbocycles. The van der Waals surface area contributed by atoms with Crippen LogP contribution in [0, 0.1) is 13.8 Å². The van der Waals surface area contributed by atoms with Crippen LogP contribution >= 0.6 is 0 Å². The molecular weight excluding hydrogens is 262 g/mol. The molecule has 1 unspecified atom stereocenters. The monoisotopic (exact) mass is 287 g/mol. The maximum Gasteiger partial charge on any atom is 0.124 e. The Bertz CT molecular complexity index is 574. The highest BCUT2D eigenvalue weighted by Gasteiger charge is 2.19. The number of hydrogen-bond donors (Lipinski definition) is 1. The Hall–Kier alpha value is -1.74. The van der Waals surface area contributed by atoms with Crippen LogP contribution in [0.15, 0.2) is 34.9 Å². The van der Waals surface area contributed by atoms with Crippen LogP contribution in [-0.2, 0) is 0 Å². The van der Waals surface area contributed by atoms with Crippen molar-refractivity contribution in [3.8, 4) is 5.75 Å². The molecular formula is C18H25NO2. The third-order valence-corrected chi connectivity index (χ3v) is 3.46. The number of benzene rings is 1. The number of nitrogens with one attached hydrogen (secondary N) is 1. The van der Waals surface area contributed by atoms with Crippen molar-refractivity contribution < 1.29 is 9.15 Å². The van der Waals surface area contributed by atoms with Crippen LogP contribution in [0.5, 0.6) is 5.75 Å². The van der Waals surface area contributed by atoms with E-state index < -0.39 is 0 Å². The van der Waals surface area contributed by atoms with Gasteiger partial charge in [0.05, 0.1) is 18.9 Å². The predicted molar refractivity (Wildman–Crippen MR) is 85.9 cm³/mol. The van der Waals surface area contributed by atoms with Gasteiger partial charge in [0.25, 0.3) is 0 Å². The molecule has 2 rings (SSSR count). The van der Waals surface area contributed by atoms with Crippen molar-refractivity contribution in [1.29, 1.82) is 0 Å². The summed E-state index contributed by atoms with van der Waals surface area (Å²) in [7, 11) is 0. The van der Waals surface area contributed by atoms with Gasteiger partial charge >= 0.3 is 0 Å². The highest BCUT2D eigenvalue weighted by molar-refractivity contribution is 5.43. The fourth-order valence-electron chi connectivity index (χ4n) is 2.49. The first-order chi connectivity index (χ1) is 10.2. The number of hydrogen-bond acceptors (Lipinski definition) is 3. The van der Waals surface area contributed by atoms with E-state index in [9.17, 15) is 0 Å². The average Bonchev–Trinajstić information content (AvgIpc) is 2.89. The van der Waals surface area contributed by atoms with E-state index in [1.807, 2.05) is 20.1 Å². The van der Waals surface area contributed by atoms with E-state index in [-0.39, 0.29) is 6.04 Å². The van der Waals surface area contributed by atoms with E-state index in [1.165, 1.54) is 11.1 Å². The van der Waals surface area contributed by atoms with Crippen LogP contribution in [0.2, 0.25) is 0 Å². The molecule has 3 heteroatoms. The van der Waals surface area contributed by atoms with Gasteiger partial charge in [-0.25, -0.2) is 0 Å². The van der Waals surface area contributed by atoms with Gasteiger partial charge in [0.2, 0.25) is 0 Å². The molecule has 1 aromatic carbocycles. The zero-order valence-electron chi connectivity index (χ0n) is 13.4. The fourth-order valence-corrected chi connectivity index (χ4v) is 2.49. The number of furan rings is 1. The fraction of sp³-hybridized carbons (Fsp3) is 0.444. The normalized spacial score (nSPS) is 12.4. The topological polar surface area (TPSA) is 34.4 Å². The summed E-state index contributed by atoms with van der Waals surface area (Å²) in [4.78, 5) is 0. The lowest BCUT2D eigenvalue weighted by molar-refractivity contribution is 0.333. The number of ether oxygens (including phenoxy) is 1. The predicted octanol–water partition coefficient (Wildman–Crippen LogP) is 4.38. The zero-order chi connectivity index (χ0) is 15.2. The second kappa shape index (κ2) is 7.32. The average molecular weight is 287 g/mol. The molecule has 3 nitrogen and oxygen atoms in total. The van der Waals surface area contributed by atoms with E-state index >= 15 is 0 Å².